The molecule has 90 valence electrons. The highest BCUT2D eigenvalue weighted by atomic mass is 32.1. The van der Waals surface area contributed by atoms with E-state index in [2.05, 4.69) is 45.5 Å². The summed E-state index contributed by atoms with van der Waals surface area (Å²) in [5.41, 5.74) is 1.10. The first kappa shape index (κ1) is 10.8. The number of aryl methyl sites for hydroxylation is 3. The van der Waals surface area contributed by atoms with Gasteiger partial charge >= 0.3 is 0 Å². The molecular formula is C13H17N3S. The van der Waals surface area contributed by atoms with Crippen molar-refractivity contribution in [1.82, 2.24) is 9.55 Å². The molecule has 1 fully saturated rings. The van der Waals surface area contributed by atoms with Crippen LogP contribution in [0.4, 0.5) is 5.95 Å². The zero-order chi connectivity index (χ0) is 11.7. The van der Waals surface area contributed by atoms with Crippen molar-refractivity contribution in [3.8, 4) is 0 Å². The highest BCUT2D eigenvalue weighted by molar-refractivity contribution is 7.09. The first-order chi connectivity index (χ1) is 8.31. The molecule has 3 rings (SSSR count). The lowest BCUT2D eigenvalue weighted by atomic mass is 10.3. The lowest BCUT2D eigenvalue weighted by Gasteiger charge is -2.08. The summed E-state index contributed by atoms with van der Waals surface area (Å²) in [6, 6.07) is 4.97. The van der Waals surface area contributed by atoms with Crippen LogP contribution in [-0.2, 0) is 13.0 Å². The fourth-order valence-corrected chi connectivity index (χ4v) is 2.63. The van der Waals surface area contributed by atoms with Crippen molar-refractivity contribution in [1.29, 1.82) is 0 Å². The first-order valence-corrected chi connectivity index (χ1v) is 7.02. The maximum atomic E-state index is 4.55. The van der Waals surface area contributed by atoms with Crippen LogP contribution in [0.15, 0.2) is 23.7 Å². The third-order valence-corrected chi connectivity index (χ3v) is 3.92. The van der Waals surface area contributed by atoms with Crippen molar-refractivity contribution < 1.29 is 0 Å². The monoisotopic (exact) mass is 247 g/mol. The number of hydrogen-bond donors (Lipinski definition) is 1. The summed E-state index contributed by atoms with van der Waals surface area (Å²) in [5, 5.41) is 5.63. The fraction of sp³-hybridized carbons (Fsp3) is 0.462. The van der Waals surface area contributed by atoms with Crippen LogP contribution >= 0.6 is 11.3 Å². The van der Waals surface area contributed by atoms with E-state index < -0.39 is 0 Å². The number of thiophene rings is 1. The predicted octanol–water partition coefficient (Wildman–Crippen LogP) is 3.07. The molecule has 0 amide bonds. The van der Waals surface area contributed by atoms with Gasteiger partial charge in [0.15, 0.2) is 0 Å². The van der Waals surface area contributed by atoms with Gasteiger partial charge in [-0.1, -0.05) is 6.07 Å². The van der Waals surface area contributed by atoms with Gasteiger partial charge in [-0.3, -0.25) is 0 Å². The third-order valence-electron chi connectivity index (χ3n) is 2.99. The van der Waals surface area contributed by atoms with E-state index >= 15 is 0 Å². The molecule has 0 atom stereocenters. The molecule has 17 heavy (non-hydrogen) atoms. The Balaban J connectivity index is 1.68. The van der Waals surface area contributed by atoms with E-state index in [-0.39, 0.29) is 0 Å². The summed E-state index contributed by atoms with van der Waals surface area (Å²) in [7, 11) is 0. The van der Waals surface area contributed by atoms with Gasteiger partial charge in [-0.15, -0.1) is 11.3 Å². The minimum atomic E-state index is 0.664. The van der Waals surface area contributed by atoms with Crippen LogP contribution in [-0.4, -0.2) is 15.6 Å². The summed E-state index contributed by atoms with van der Waals surface area (Å²) in [6.45, 7) is 3.07. The van der Waals surface area contributed by atoms with Gasteiger partial charge in [0.2, 0.25) is 5.95 Å². The molecule has 2 heterocycles. The van der Waals surface area contributed by atoms with Crippen molar-refractivity contribution >= 4 is 17.3 Å². The second-order valence-corrected chi connectivity index (χ2v) is 5.68. The van der Waals surface area contributed by atoms with E-state index in [0.29, 0.717) is 6.04 Å². The highest BCUT2D eigenvalue weighted by Gasteiger charge is 2.22. The Bertz CT molecular complexity index is 483. The molecule has 1 aliphatic rings. The molecular weight excluding hydrogens is 230 g/mol. The molecule has 0 aliphatic heterocycles. The van der Waals surface area contributed by atoms with Gasteiger partial charge in [0.05, 0.1) is 5.69 Å². The van der Waals surface area contributed by atoms with Crippen LogP contribution < -0.4 is 5.32 Å². The molecule has 2 aromatic heterocycles. The number of imidazole rings is 1. The van der Waals surface area contributed by atoms with E-state index in [1.807, 2.05) is 11.3 Å². The van der Waals surface area contributed by atoms with Crippen molar-refractivity contribution in [2.45, 2.75) is 38.8 Å². The van der Waals surface area contributed by atoms with Crippen molar-refractivity contribution in [2.75, 3.05) is 5.32 Å². The lowest BCUT2D eigenvalue weighted by molar-refractivity contribution is 0.704. The van der Waals surface area contributed by atoms with Crippen molar-refractivity contribution in [3.05, 3.63) is 34.3 Å². The quantitative estimate of drug-likeness (QED) is 0.880. The summed E-state index contributed by atoms with van der Waals surface area (Å²) in [6.07, 6.45) is 5.80. The van der Waals surface area contributed by atoms with Gasteiger partial charge in [0, 0.05) is 23.7 Å². The van der Waals surface area contributed by atoms with Crippen LogP contribution in [0, 0.1) is 6.92 Å². The Kier molecular flexibility index (Phi) is 2.89. The SMILES string of the molecule is Cc1cn(CCc2cccs2)c(NC2CC2)n1. The summed E-state index contributed by atoms with van der Waals surface area (Å²) in [4.78, 5) is 5.98. The van der Waals surface area contributed by atoms with Gasteiger partial charge < -0.3 is 9.88 Å². The maximum Gasteiger partial charge on any atom is 0.203 e. The molecule has 1 N–H and O–H groups in total. The summed E-state index contributed by atoms with van der Waals surface area (Å²) < 4.78 is 2.24. The Labute approximate surface area is 106 Å². The Morgan fingerprint density at radius 2 is 2.41 bits per heavy atom. The van der Waals surface area contributed by atoms with Gasteiger partial charge in [0.25, 0.3) is 0 Å². The largest absolute Gasteiger partial charge is 0.353 e. The minimum Gasteiger partial charge on any atom is -0.353 e. The van der Waals surface area contributed by atoms with Gasteiger partial charge in [-0.05, 0) is 37.6 Å². The smallest absolute Gasteiger partial charge is 0.203 e. The van der Waals surface area contributed by atoms with Gasteiger partial charge in [0.1, 0.15) is 0 Å². The average molecular weight is 247 g/mol. The van der Waals surface area contributed by atoms with Crippen LogP contribution in [0.2, 0.25) is 0 Å². The molecule has 4 heteroatoms. The van der Waals surface area contributed by atoms with Crippen molar-refractivity contribution in [3.63, 3.8) is 0 Å². The maximum absolute atomic E-state index is 4.55. The Hall–Kier alpha value is -1.29. The van der Waals surface area contributed by atoms with Gasteiger partial charge in [-0.25, -0.2) is 4.98 Å². The predicted molar refractivity (Wildman–Crippen MR) is 71.6 cm³/mol. The van der Waals surface area contributed by atoms with Crippen LogP contribution in [0.5, 0.6) is 0 Å². The van der Waals surface area contributed by atoms with E-state index in [1.165, 1.54) is 17.7 Å². The number of rotatable bonds is 5. The number of nitrogens with zero attached hydrogens (tertiary/aromatic N) is 2. The second-order valence-electron chi connectivity index (χ2n) is 4.65. The normalized spacial score (nSPS) is 15.1. The average Bonchev–Trinajstić information content (AvgIpc) is 2.85. The van der Waals surface area contributed by atoms with E-state index in [0.717, 1.165) is 24.6 Å². The summed E-state index contributed by atoms with van der Waals surface area (Å²) >= 11 is 1.83. The topological polar surface area (TPSA) is 29.9 Å². The third kappa shape index (κ3) is 2.69. The number of anilines is 1. The van der Waals surface area contributed by atoms with Crippen LogP contribution in [0.3, 0.4) is 0 Å². The first-order valence-electron chi connectivity index (χ1n) is 6.14. The lowest BCUT2D eigenvalue weighted by Crippen LogP contribution is -2.09. The molecule has 3 nitrogen and oxygen atoms in total. The van der Waals surface area contributed by atoms with Crippen LogP contribution in [0.25, 0.3) is 0 Å². The van der Waals surface area contributed by atoms with E-state index in [9.17, 15) is 0 Å². The molecule has 0 radical (unpaired) electrons. The number of nitrogens with one attached hydrogen (secondary N) is 1. The highest BCUT2D eigenvalue weighted by Crippen LogP contribution is 2.24. The summed E-state index contributed by atoms with van der Waals surface area (Å²) in [5.74, 6) is 1.04. The molecule has 0 saturated heterocycles. The van der Waals surface area contributed by atoms with Crippen LogP contribution in [0.1, 0.15) is 23.4 Å². The zero-order valence-corrected chi connectivity index (χ0v) is 10.8. The molecule has 0 spiro atoms. The van der Waals surface area contributed by atoms with E-state index in [1.54, 1.807) is 0 Å². The molecule has 0 bridgehead atoms. The Morgan fingerprint density at radius 3 is 3.12 bits per heavy atom. The molecule has 1 saturated carbocycles. The fourth-order valence-electron chi connectivity index (χ4n) is 1.93. The number of hydrogen-bond acceptors (Lipinski definition) is 3. The van der Waals surface area contributed by atoms with Gasteiger partial charge in [-0.2, -0.15) is 0 Å². The zero-order valence-electron chi connectivity index (χ0n) is 10.0. The second kappa shape index (κ2) is 4.53. The Morgan fingerprint density at radius 1 is 1.53 bits per heavy atom. The molecule has 1 aliphatic carbocycles. The standard InChI is InChI=1S/C13H17N3S/c1-10-9-16(7-6-12-3-2-8-17-12)13(14-10)15-11-4-5-11/h2-3,8-9,11H,4-7H2,1H3,(H,14,15). The molecule has 0 aromatic carbocycles. The van der Waals surface area contributed by atoms with Crippen molar-refractivity contribution in [2.24, 2.45) is 0 Å². The van der Waals surface area contributed by atoms with E-state index in [4.69, 9.17) is 0 Å². The number of aromatic nitrogens is 2. The molecule has 0 unspecified atom stereocenters. The minimum absolute atomic E-state index is 0.664. The molecule has 2 aromatic rings.